The number of aliphatic hydroxyl groups is 1. The van der Waals surface area contributed by atoms with Crippen molar-refractivity contribution in [3.05, 3.63) is 23.2 Å². The first-order valence-electron chi connectivity index (χ1n) is 12.2. The molecule has 3 heteroatoms. The fraction of sp³-hybridized carbons (Fsp3) is 0.808. The van der Waals surface area contributed by atoms with Crippen molar-refractivity contribution in [3.8, 4) is 0 Å². The molecule has 4 saturated carbocycles. The van der Waals surface area contributed by atoms with Crippen molar-refractivity contribution >= 4 is 5.78 Å². The molecule has 158 valence electrons. The van der Waals surface area contributed by atoms with Crippen LogP contribution in [-0.2, 0) is 12.8 Å². The van der Waals surface area contributed by atoms with Crippen molar-refractivity contribution in [2.75, 3.05) is 0 Å². The summed E-state index contributed by atoms with van der Waals surface area (Å²) in [4.78, 5) is 12.7. The molecule has 4 fully saturated rings. The summed E-state index contributed by atoms with van der Waals surface area (Å²) >= 11 is 0. The van der Waals surface area contributed by atoms with Gasteiger partial charge >= 0.3 is 0 Å². The molecule has 0 radical (unpaired) electrons. The Morgan fingerprint density at radius 3 is 2.59 bits per heavy atom. The first kappa shape index (κ1) is 18.7. The lowest BCUT2D eigenvalue weighted by molar-refractivity contribution is -0.112. The third-order valence-corrected chi connectivity index (χ3v) is 10.6. The third kappa shape index (κ3) is 2.49. The Labute approximate surface area is 174 Å². The van der Waals surface area contributed by atoms with Crippen LogP contribution in [0.1, 0.15) is 93.5 Å². The summed E-state index contributed by atoms with van der Waals surface area (Å²) in [6.45, 7) is 4.92. The van der Waals surface area contributed by atoms with Gasteiger partial charge in [-0.3, -0.25) is 4.79 Å². The number of hydrogen-bond acceptors (Lipinski definition) is 3. The number of furan rings is 1. The van der Waals surface area contributed by atoms with Crippen molar-refractivity contribution in [3.63, 3.8) is 0 Å². The van der Waals surface area contributed by atoms with Crippen molar-refractivity contribution in [2.24, 2.45) is 40.4 Å². The van der Waals surface area contributed by atoms with Crippen LogP contribution in [0.25, 0.3) is 0 Å². The van der Waals surface area contributed by atoms with E-state index < -0.39 is 0 Å². The van der Waals surface area contributed by atoms with E-state index in [4.69, 9.17) is 4.42 Å². The minimum absolute atomic E-state index is 0.0918. The van der Waals surface area contributed by atoms with E-state index in [2.05, 4.69) is 19.9 Å². The Morgan fingerprint density at radius 2 is 1.83 bits per heavy atom. The minimum atomic E-state index is -0.0918. The van der Waals surface area contributed by atoms with Gasteiger partial charge in [-0.2, -0.15) is 0 Å². The number of aliphatic hydroxyl groups excluding tert-OH is 1. The zero-order valence-corrected chi connectivity index (χ0v) is 18.1. The van der Waals surface area contributed by atoms with Gasteiger partial charge in [0.25, 0.3) is 0 Å². The molecule has 0 saturated heterocycles. The number of rotatable bonds is 2. The van der Waals surface area contributed by atoms with Crippen LogP contribution < -0.4 is 0 Å². The molecular formula is C26H36O3. The molecule has 0 aliphatic heterocycles. The van der Waals surface area contributed by atoms with Gasteiger partial charge in [0.15, 0.2) is 5.76 Å². The van der Waals surface area contributed by atoms with Crippen LogP contribution in [-0.4, -0.2) is 17.0 Å². The monoisotopic (exact) mass is 396 g/mol. The topological polar surface area (TPSA) is 50.4 Å². The lowest BCUT2D eigenvalue weighted by atomic mass is 9.45. The van der Waals surface area contributed by atoms with Gasteiger partial charge in [0.05, 0.1) is 6.10 Å². The number of hydrogen-bond donors (Lipinski definition) is 1. The molecule has 1 heterocycles. The average molecular weight is 397 g/mol. The SMILES string of the molecule is C[C@]12Cc3cc(C(=O)C4CCC4)oc3C[C@@H]1CC[C@@H]1[C@@H]2CC[C@]2(C)[C@@H](O)CC[C@@H]12. The lowest BCUT2D eigenvalue weighted by Gasteiger charge is -2.59. The Morgan fingerprint density at radius 1 is 1.03 bits per heavy atom. The highest BCUT2D eigenvalue weighted by molar-refractivity contribution is 5.96. The highest BCUT2D eigenvalue weighted by Gasteiger charge is 2.60. The van der Waals surface area contributed by atoms with Crippen molar-refractivity contribution < 1.29 is 14.3 Å². The van der Waals surface area contributed by atoms with E-state index in [1.807, 2.05) is 0 Å². The summed E-state index contributed by atoms with van der Waals surface area (Å²) in [5.74, 6) is 5.16. The van der Waals surface area contributed by atoms with Crippen LogP contribution in [0.3, 0.4) is 0 Å². The van der Waals surface area contributed by atoms with Crippen LogP contribution >= 0.6 is 0 Å². The van der Waals surface area contributed by atoms with Crippen LogP contribution in [0.2, 0.25) is 0 Å². The summed E-state index contributed by atoms with van der Waals surface area (Å²) in [7, 11) is 0. The lowest BCUT2D eigenvalue weighted by Crippen LogP contribution is -2.54. The third-order valence-electron chi connectivity index (χ3n) is 10.6. The molecular weight excluding hydrogens is 360 g/mol. The van der Waals surface area contributed by atoms with Gasteiger partial charge in [-0.25, -0.2) is 0 Å². The molecule has 1 aromatic rings. The fourth-order valence-electron chi connectivity index (χ4n) is 8.53. The summed E-state index contributed by atoms with van der Waals surface area (Å²) in [6.07, 6.45) is 12.6. The van der Waals surface area contributed by atoms with Gasteiger partial charge in [-0.15, -0.1) is 0 Å². The van der Waals surface area contributed by atoms with Gasteiger partial charge in [-0.05, 0) is 104 Å². The molecule has 0 unspecified atom stereocenters. The molecule has 5 aliphatic rings. The van der Waals surface area contributed by atoms with Gasteiger partial charge in [0.2, 0.25) is 5.78 Å². The van der Waals surface area contributed by atoms with Crippen LogP contribution in [0, 0.1) is 40.4 Å². The second-order valence-corrected chi connectivity index (χ2v) is 11.7. The fourth-order valence-corrected chi connectivity index (χ4v) is 8.53. The largest absolute Gasteiger partial charge is 0.458 e. The zero-order chi connectivity index (χ0) is 20.0. The van der Waals surface area contributed by atoms with Crippen LogP contribution in [0.4, 0.5) is 0 Å². The van der Waals surface area contributed by atoms with E-state index in [1.54, 1.807) is 0 Å². The van der Waals surface area contributed by atoms with E-state index in [0.717, 1.165) is 49.7 Å². The summed E-state index contributed by atoms with van der Waals surface area (Å²) in [6, 6.07) is 2.12. The van der Waals surface area contributed by atoms with E-state index in [1.165, 1.54) is 44.1 Å². The van der Waals surface area contributed by atoms with Gasteiger partial charge in [0.1, 0.15) is 5.76 Å². The molecule has 29 heavy (non-hydrogen) atoms. The highest BCUT2D eigenvalue weighted by atomic mass is 16.3. The second kappa shape index (κ2) is 6.22. The predicted molar refractivity (Wildman–Crippen MR) is 112 cm³/mol. The Hall–Kier alpha value is -1.09. The molecule has 0 aromatic carbocycles. The molecule has 0 amide bonds. The smallest absolute Gasteiger partial charge is 0.201 e. The second-order valence-electron chi connectivity index (χ2n) is 11.7. The normalized spacial score (nSPS) is 46.2. The first-order valence-corrected chi connectivity index (χ1v) is 12.2. The Kier molecular flexibility index (Phi) is 4.00. The molecule has 0 spiro atoms. The maximum absolute atomic E-state index is 12.7. The Balaban J connectivity index is 1.29. The van der Waals surface area contributed by atoms with Gasteiger partial charge in [-0.1, -0.05) is 20.3 Å². The van der Waals surface area contributed by atoms with E-state index >= 15 is 0 Å². The molecule has 7 atom stereocenters. The summed E-state index contributed by atoms with van der Waals surface area (Å²) in [5, 5.41) is 10.7. The summed E-state index contributed by atoms with van der Waals surface area (Å²) < 4.78 is 6.17. The van der Waals surface area contributed by atoms with Gasteiger partial charge in [0, 0.05) is 12.3 Å². The molecule has 5 aliphatic carbocycles. The van der Waals surface area contributed by atoms with Crippen LogP contribution in [0.15, 0.2) is 10.5 Å². The standard InChI is InChI=1S/C26H36O3/c1-25-11-10-20-18(19(25)8-9-23(25)27)7-6-17-13-21-16(14-26(17,20)2)12-22(29-21)24(28)15-4-3-5-15/h12,15,17-20,23,27H,3-11,13-14H2,1-2H3/t17-,18-,19-,20-,23-,25-,26-/m0/s1. The van der Waals surface area contributed by atoms with Crippen molar-refractivity contribution in [1.82, 2.24) is 0 Å². The highest BCUT2D eigenvalue weighted by Crippen LogP contribution is 2.65. The van der Waals surface area contributed by atoms with Gasteiger partial charge < -0.3 is 9.52 Å². The maximum Gasteiger partial charge on any atom is 0.201 e. The number of carbonyl (C=O) groups excluding carboxylic acids is 1. The van der Waals surface area contributed by atoms with Crippen molar-refractivity contribution in [1.29, 1.82) is 0 Å². The predicted octanol–water partition coefficient (Wildman–Crippen LogP) is 5.58. The van der Waals surface area contributed by atoms with E-state index in [0.29, 0.717) is 23.0 Å². The minimum Gasteiger partial charge on any atom is -0.458 e. The molecule has 6 rings (SSSR count). The number of fused-ring (bicyclic) bond motifs is 6. The molecule has 0 bridgehead atoms. The molecule has 1 aromatic heterocycles. The number of ketones is 1. The molecule has 1 N–H and O–H groups in total. The summed E-state index contributed by atoms with van der Waals surface area (Å²) in [5.41, 5.74) is 1.81. The van der Waals surface area contributed by atoms with E-state index in [9.17, 15) is 9.90 Å². The first-order chi connectivity index (χ1) is 13.9. The molecule has 3 nitrogen and oxygen atoms in total. The zero-order valence-electron chi connectivity index (χ0n) is 18.1. The quantitative estimate of drug-likeness (QED) is 0.664. The average Bonchev–Trinajstić information content (AvgIpc) is 3.18. The Bertz CT molecular complexity index is 835. The number of Topliss-reactive ketones (excluding diaryl/α,β-unsaturated/α-hetero) is 1. The maximum atomic E-state index is 12.7. The van der Waals surface area contributed by atoms with Crippen LogP contribution in [0.5, 0.6) is 0 Å². The van der Waals surface area contributed by atoms with Crippen molar-refractivity contribution in [2.45, 2.75) is 90.6 Å². The number of carbonyl (C=O) groups is 1. The van der Waals surface area contributed by atoms with E-state index in [-0.39, 0.29) is 23.2 Å².